The molecule has 25 heavy (non-hydrogen) atoms. The van der Waals surface area contributed by atoms with Crippen LogP contribution in [0.1, 0.15) is 53.0 Å². The summed E-state index contributed by atoms with van der Waals surface area (Å²) in [7, 11) is 0. The van der Waals surface area contributed by atoms with Crippen molar-refractivity contribution in [2.24, 2.45) is 5.92 Å². The molecule has 0 aliphatic carbocycles. The van der Waals surface area contributed by atoms with E-state index in [1.165, 1.54) is 5.56 Å². The smallest absolute Gasteiger partial charge is 0.223 e. The predicted octanol–water partition coefficient (Wildman–Crippen LogP) is 3.68. The van der Waals surface area contributed by atoms with Crippen molar-refractivity contribution in [1.29, 1.82) is 0 Å². The molecule has 0 aromatic heterocycles. The zero-order chi connectivity index (χ0) is 17.7. The lowest BCUT2D eigenvalue weighted by Crippen LogP contribution is -2.45. The van der Waals surface area contributed by atoms with Crippen LogP contribution in [0.2, 0.25) is 0 Å². The second kappa shape index (κ2) is 9.44. The molecule has 2 rings (SSSR count). The topological polar surface area (TPSA) is 50.4 Å². The van der Waals surface area contributed by atoms with Gasteiger partial charge in [-0.1, -0.05) is 32.9 Å². The van der Waals surface area contributed by atoms with Crippen molar-refractivity contribution < 1.29 is 9.53 Å². The number of carbonyl (C=O) groups is 1. The molecule has 142 valence electrons. The third kappa shape index (κ3) is 6.87. The van der Waals surface area contributed by atoms with E-state index in [2.05, 4.69) is 50.5 Å². The number of hydrogen-bond acceptors (Lipinski definition) is 3. The molecule has 0 spiro atoms. The monoisotopic (exact) mass is 368 g/mol. The van der Waals surface area contributed by atoms with Gasteiger partial charge in [0.1, 0.15) is 12.4 Å². The van der Waals surface area contributed by atoms with E-state index < -0.39 is 0 Å². The summed E-state index contributed by atoms with van der Waals surface area (Å²) in [6, 6.07) is 8.64. The average molecular weight is 369 g/mol. The molecule has 0 saturated carbocycles. The van der Waals surface area contributed by atoms with E-state index in [4.69, 9.17) is 4.74 Å². The first-order valence-electron chi connectivity index (χ1n) is 9.03. The van der Waals surface area contributed by atoms with Gasteiger partial charge in [-0.3, -0.25) is 4.79 Å². The van der Waals surface area contributed by atoms with Crippen LogP contribution in [0.15, 0.2) is 24.3 Å². The van der Waals surface area contributed by atoms with Gasteiger partial charge in [0, 0.05) is 12.0 Å². The van der Waals surface area contributed by atoms with Crippen molar-refractivity contribution in [3.63, 3.8) is 0 Å². The van der Waals surface area contributed by atoms with Crippen molar-refractivity contribution >= 4 is 18.3 Å². The largest absolute Gasteiger partial charge is 0.491 e. The van der Waals surface area contributed by atoms with E-state index in [-0.39, 0.29) is 35.7 Å². The number of hydrogen-bond donors (Lipinski definition) is 2. The Balaban J connectivity index is 0.00000312. The third-order valence-electron chi connectivity index (χ3n) is 4.60. The quantitative estimate of drug-likeness (QED) is 0.833. The molecular formula is C20H33ClN2O2. The Morgan fingerprint density at radius 1 is 1.32 bits per heavy atom. The normalized spacial score (nSPS) is 21.8. The lowest BCUT2D eigenvalue weighted by Gasteiger charge is -2.28. The van der Waals surface area contributed by atoms with Crippen LogP contribution in [0, 0.1) is 5.92 Å². The van der Waals surface area contributed by atoms with Gasteiger partial charge >= 0.3 is 0 Å². The highest BCUT2D eigenvalue weighted by molar-refractivity contribution is 5.85. The summed E-state index contributed by atoms with van der Waals surface area (Å²) in [4.78, 5) is 12.3. The van der Waals surface area contributed by atoms with Gasteiger partial charge in [0.2, 0.25) is 5.91 Å². The minimum absolute atomic E-state index is 0. The van der Waals surface area contributed by atoms with Gasteiger partial charge in [-0.15, -0.1) is 12.4 Å². The zero-order valence-electron chi connectivity index (χ0n) is 16.1. The molecule has 0 radical (unpaired) electrons. The van der Waals surface area contributed by atoms with Crippen LogP contribution < -0.4 is 15.4 Å². The van der Waals surface area contributed by atoms with Crippen molar-refractivity contribution in [1.82, 2.24) is 10.6 Å². The van der Waals surface area contributed by atoms with Gasteiger partial charge in [-0.25, -0.2) is 0 Å². The molecule has 1 saturated heterocycles. The SMILES string of the molecule is CC(COc1ccc(C(C)(C)C)cc1)NC(=O)[C@H]1CCN[C@@H](C)C1.Cl. The first-order valence-corrected chi connectivity index (χ1v) is 9.03. The van der Waals surface area contributed by atoms with Crippen LogP contribution in [0.3, 0.4) is 0 Å². The molecule has 1 unspecified atom stereocenters. The van der Waals surface area contributed by atoms with Gasteiger partial charge in [0.25, 0.3) is 0 Å². The lowest BCUT2D eigenvalue weighted by molar-refractivity contribution is -0.126. The van der Waals surface area contributed by atoms with Crippen molar-refractivity contribution in [3.8, 4) is 5.75 Å². The maximum Gasteiger partial charge on any atom is 0.223 e. The number of rotatable bonds is 5. The van der Waals surface area contributed by atoms with E-state index in [0.717, 1.165) is 25.1 Å². The Morgan fingerprint density at radius 2 is 1.96 bits per heavy atom. The Morgan fingerprint density at radius 3 is 2.52 bits per heavy atom. The molecule has 4 nitrogen and oxygen atoms in total. The molecule has 1 aromatic rings. The molecule has 1 aliphatic heterocycles. The Bertz CT molecular complexity index is 540. The molecule has 0 bridgehead atoms. The summed E-state index contributed by atoms with van der Waals surface area (Å²) in [6.07, 6.45) is 1.83. The molecule has 3 atom stereocenters. The van der Waals surface area contributed by atoms with E-state index in [1.807, 2.05) is 19.1 Å². The summed E-state index contributed by atoms with van der Waals surface area (Å²) in [6.45, 7) is 12.1. The van der Waals surface area contributed by atoms with Gasteiger partial charge < -0.3 is 15.4 Å². The van der Waals surface area contributed by atoms with Crippen LogP contribution in [0.4, 0.5) is 0 Å². The van der Waals surface area contributed by atoms with E-state index in [0.29, 0.717) is 12.6 Å². The average Bonchev–Trinajstić information content (AvgIpc) is 2.52. The van der Waals surface area contributed by atoms with Crippen molar-refractivity contribution in [3.05, 3.63) is 29.8 Å². The molecule has 1 heterocycles. The number of ether oxygens (including phenoxy) is 1. The number of halogens is 1. The fourth-order valence-electron chi connectivity index (χ4n) is 3.04. The van der Waals surface area contributed by atoms with Crippen LogP contribution >= 0.6 is 12.4 Å². The third-order valence-corrected chi connectivity index (χ3v) is 4.60. The van der Waals surface area contributed by atoms with Crippen LogP contribution in [0.5, 0.6) is 5.75 Å². The van der Waals surface area contributed by atoms with Gasteiger partial charge in [0.05, 0.1) is 6.04 Å². The standard InChI is InChI=1S/C20H32N2O2.ClH/c1-14-12-16(10-11-21-14)19(23)22-15(2)13-24-18-8-6-17(7-9-18)20(3,4)5;/h6-9,14-16,21H,10-13H2,1-5H3,(H,22,23);1H/t14-,15?,16-;/m0./s1. The van der Waals surface area contributed by atoms with Crippen molar-refractivity contribution in [2.45, 2.75) is 65.0 Å². The van der Waals surface area contributed by atoms with Gasteiger partial charge in [-0.05, 0) is 56.3 Å². The number of benzene rings is 1. The summed E-state index contributed by atoms with van der Waals surface area (Å²) in [5, 5.41) is 6.46. The van der Waals surface area contributed by atoms with E-state index in [9.17, 15) is 4.79 Å². The number of carbonyl (C=O) groups excluding carboxylic acids is 1. The Kier molecular flexibility index (Phi) is 8.23. The minimum Gasteiger partial charge on any atom is -0.491 e. The maximum absolute atomic E-state index is 12.3. The second-order valence-electron chi connectivity index (χ2n) is 8.07. The van der Waals surface area contributed by atoms with Crippen LogP contribution in [-0.4, -0.2) is 31.1 Å². The number of nitrogens with one attached hydrogen (secondary N) is 2. The highest BCUT2D eigenvalue weighted by atomic mass is 35.5. The molecule has 1 amide bonds. The fourth-order valence-corrected chi connectivity index (χ4v) is 3.04. The molecule has 1 aromatic carbocycles. The maximum atomic E-state index is 12.3. The summed E-state index contributed by atoms with van der Waals surface area (Å²) >= 11 is 0. The predicted molar refractivity (Wildman–Crippen MR) is 106 cm³/mol. The number of piperidine rings is 1. The zero-order valence-corrected chi connectivity index (χ0v) is 16.9. The first-order chi connectivity index (χ1) is 11.3. The van der Waals surface area contributed by atoms with Crippen molar-refractivity contribution in [2.75, 3.05) is 13.2 Å². The van der Waals surface area contributed by atoms with Crippen LogP contribution in [-0.2, 0) is 10.2 Å². The Labute approximate surface area is 158 Å². The van der Waals surface area contributed by atoms with Crippen LogP contribution in [0.25, 0.3) is 0 Å². The van der Waals surface area contributed by atoms with Gasteiger partial charge in [-0.2, -0.15) is 0 Å². The Hall–Kier alpha value is -1.26. The molecule has 1 aliphatic rings. The molecular weight excluding hydrogens is 336 g/mol. The fraction of sp³-hybridized carbons (Fsp3) is 0.650. The van der Waals surface area contributed by atoms with E-state index >= 15 is 0 Å². The molecule has 2 N–H and O–H groups in total. The van der Waals surface area contributed by atoms with Gasteiger partial charge in [0.15, 0.2) is 0 Å². The number of amides is 1. The summed E-state index contributed by atoms with van der Waals surface area (Å²) < 4.78 is 5.82. The first kappa shape index (κ1) is 21.8. The summed E-state index contributed by atoms with van der Waals surface area (Å²) in [5.41, 5.74) is 1.43. The lowest BCUT2D eigenvalue weighted by atomic mass is 9.87. The van der Waals surface area contributed by atoms with E-state index in [1.54, 1.807) is 0 Å². The highest BCUT2D eigenvalue weighted by Gasteiger charge is 2.25. The second-order valence-corrected chi connectivity index (χ2v) is 8.07. The highest BCUT2D eigenvalue weighted by Crippen LogP contribution is 2.24. The molecule has 1 fully saturated rings. The molecule has 5 heteroatoms. The minimum atomic E-state index is 0. The summed E-state index contributed by atoms with van der Waals surface area (Å²) in [5.74, 6) is 1.12.